The van der Waals surface area contributed by atoms with E-state index < -0.39 is 16.1 Å². The number of aromatic nitrogens is 2. The first kappa shape index (κ1) is 16.5. The minimum Gasteiger partial charge on any atom is -0.387 e. The van der Waals surface area contributed by atoms with Crippen LogP contribution in [0.25, 0.3) is 0 Å². The van der Waals surface area contributed by atoms with E-state index in [1.807, 2.05) is 4.57 Å². The first-order valence-corrected chi connectivity index (χ1v) is 9.40. The van der Waals surface area contributed by atoms with Crippen LogP contribution in [0.15, 0.2) is 12.5 Å². The van der Waals surface area contributed by atoms with Crippen LogP contribution in [0, 0.1) is 5.92 Å². The quantitative estimate of drug-likeness (QED) is 0.861. The predicted octanol–water partition coefficient (Wildman–Crippen LogP) is 1.39. The van der Waals surface area contributed by atoms with Gasteiger partial charge in [-0.2, -0.15) is 0 Å². The predicted molar refractivity (Wildman–Crippen MR) is 81.2 cm³/mol. The Morgan fingerprint density at radius 1 is 1.52 bits per heavy atom. The summed E-state index contributed by atoms with van der Waals surface area (Å²) in [5, 5.41) is 10.4. The standard InChI is InChI=1S/C14H25N3O3S/c1-3-6-16-11-15-9-13(16)14(18)8-12-5-4-7-17(10-12)21(2,19)20/h9,11-12,14,18H,3-8,10H2,1-2H3. The number of sulfonamides is 1. The van der Waals surface area contributed by atoms with Crippen molar-refractivity contribution in [2.45, 2.75) is 45.3 Å². The van der Waals surface area contributed by atoms with Gasteiger partial charge >= 0.3 is 0 Å². The van der Waals surface area contributed by atoms with Crippen LogP contribution < -0.4 is 0 Å². The largest absolute Gasteiger partial charge is 0.387 e. The van der Waals surface area contributed by atoms with E-state index in [1.54, 1.807) is 12.5 Å². The second-order valence-corrected chi connectivity index (χ2v) is 7.88. The number of hydrogen-bond acceptors (Lipinski definition) is 4. The number of piperidine rings is 1. The lowest BCUT2D eigenvalue weighted by atomic mass is 9.92. The van der Waals surface area contributed by atoms with E-state index >= 15 is 0 Å². The summed E-state index contributed by atoms with van der Waals surface area (Å²) in [6, 6.07) is 0. The fourth-order valence-electron chi connectivity index (χ4n) is 2.99. The third-order valence-electron chi connectivity index (χ3n) is 4.06. The highest BCUT2D eigenvalue weighted by Gasteiger charge is 2.28. The van der Waals surface area contributed by atoms with Gasteiger partial charge in [0.25, 0.3) is 0 Å². The summed E-state index contributed by atoms with van der Waals surface area (Å²) in [6.07, 6.45) is 7.52. The van der Waals surface area contributed by atoms with E-state index in [1.165, 1.54) is 10.6 Å². The lowest BCUT2D eigenvalue weighted by molar-refractivity contribution is 0.116. The SMILES string of the molecule is CCCn1cncc1C(O)CC1CCCN(S(C)(=O)=O)C1. The maximum atomic E-state index is 11.6. The van der Waals surface area contributed by atoms with E-state index in [0.717, 1.165) is 31.5 Å². The van der Waals surface area contributed by atoms with Crippen molar-refractivity contribution >= 4 is 10.0 Å². The number of aliphatic hydroxyl groups is 1. The molecule has 2 rings (SSSR count). The number of aryl methyl sites for hydroxylation is 1. The molecular weight excluding hydrogens is 290 g/mol. The lowest BCUT2D eigenvalue weighted by Crippen LogP contribution is -2.39. The fourth-order valence-corrected chi connectivity index (χ4v) is 3.94. The fraction of sp³-hybridized carbons (Fsp3) is 0.786. The Morgan fingerprint density at radius 2 is 2.29 bits per heavy atom. The van der Waals surface area contributed by atoms with Gasteiger partial charge in [-0.15, -0.1) is 0 Å². The van der Waals surface area contributed by atoms with E-state index in [4.69, 9.17) is 0 Å². The monoisotopic (exact) mass is 315 g/mol. The molecule has 0 amide bonds. The zero-order valence-electron chi connectivity index (χ0n) is 12.8. The molecule has 1 aromatic rings. The summed E-state index contributed by atoms with van der Waals surface area (Å²) in [4.78, 5) is 4.11. The zero-order chi connectivity index (χ0) is 15.5. The summed E-state index contributed by atoms with van der Waals surface area (Å²) < 4.78 is 26.8. The second-order valence-electron chi connectivity index (χ2n) is 5.89. The summed E-state index contributed by atoms with van der Waals surface area (Å²) in [5.41, 5.74) is 0.827. The first-order chi connectivity index (χ1) is 9.91. The topological polar surface area (TPSA) is 75.4 Å². The smallest absolute Gasteiger partial charge is 0.211 e. The Labute approximate surface area is 126 Å². The molecule has 1 N–H and O–H groups in total. The summed E-state index contributed by atoms with van der Waals surface area (Å²) >= 11 is 0. The molecule has 1 aliphatic rings. The van der Waals surface area contributed by atoms with Gasteiger partial charge in [-0.05, 0) is 31.6 Å². The van der Waals surface area contributed by atoms with Crippen LogP contribution in [0.5, 0.6) is 0 Å². The van der Waals surface area contributed by atoms with Crippen molar-refractivity contribution in [2.75, 3.05) is 19.3 Å². The van der Waals surface area contributed by atoms with Gasteiger partial charge in [-0.3, -0.25) is 0 Å². The molecule has 0 radical (unpaired) electrons. The molecule has 2 atom stereocenters. The van der Waals surface area contributed by atoms with Crippen LogP contribution in [0.4, 0.5) is 0 Å². The molecule has 1 saturated heterocycles. The molecule has 1 aliphatic heterocycles. The zero-order valence-corrected chi connectivity index (χ0v) is 13.6. The highest BCUT2D eigenvalue weighted by molar-refractivity contribution is 7.88. The van der Waals surface area contributed by atoms with E-state index in [2.05, 4.69) is 11.9 Å². The van der Waals surface area contributed by atoms with Gasteiger partial charge < -0.3 is 9.67 Å². The number of nitrogens with zero attached hydrogens (tertiary/aromatic N) is 3. The van der Waals surface area contributed by atoms with Crippen LogP contribution in [0.1, 0.15) is 44.4 Å². The van der Waals surface area contributed by atoms with Crippen molar-refractivity contribution in [3.05, 3.63) is 18.2 Å². The summed E-state index contributed by atoms with van der Waals surface area (Å²) in [7, 11) is -3.13. The Kier molecular flexibility index (Phi) is 5.40. The minimum atomic E-state index is -3.13. The molecule has 21 heavy (non-hydrogen) atoms. The Balaban J connectivity index is 1.99. The maximum absolute atomic E-state index is 11.6. The van der Waals surface area contributed by atoms with E-state index in [0.29, 0.717) is 19.5 Å². The van der Waals surface area contributed by atoms with Crippen molar-refractivity contribution in [2.24, 2.45) is 5.92 Å². The Hall–Kier alpha value is -0.920. The highest BCUT2D eigenvalue weighted by Crippen LogP contribution is 2.28. The molecule has 6 nitrogen and oxygen atoms in total. The average Bonchev–Trinajstić information content (AvgIpc) is 2.87. The molecule has 2 unspecified atom stereocenters. The van der Waals surface area contributed by atoms with Crippen LogP contribution in [-0.2, 0) is 16.6 Å². The van der Waals surface area contributed by atoms with Crippen molar-refractivity contribution in [1.82, 2.24) is 13.9 Å². The molecule has 0 aliphatic carbocycles. The van der Waals surface area contributed by atoms with Crippen LogP contribution in [0.3, 0.4) is 0 Å². The minimum absolute atomic E-state index is 0.202. The number of hydrogen-bond donors (Lipinski definition) is 1. The van der Waals surface area contributed by atoms with Crippen molar-refractivity contribution in [3.63, 3.8) is 0 Å². The lowest BCUT2D eigenvalue weighted by Gasteiger charge is -2.32. The highest BCUT2D eigenvalue weighted by atomic mass is 32.2. The third kappa shape index (κ3) is 4.28. The molecule has 7 heteroatoms. The molecule has 0 bridgehead atoms. The van der Waals surface area contributed by atoms with E-state index in [9.17, 15) is 13.5 Å². The molecule has 0 saturated carbocycles. The number of aliphatic hydroxyl groups excluding tert-OH is 1. The van der Waals surface area contributed by atoms with Gasteiger partial charge in [0.15, 0.2) is 0 Å². The van der Waals surface area contributed by atoms with Gasteiger partial charge in [0.05, 0.1) is 30.6 Å². The summed E-state index contributed by atoms with van der Waals surface area (Å²) in [5.74, 6) is 0.202. The van der Waals surface area contributed by atoms with E-state index in [-0.39, 0.29) is 5.92 Å². The maximum Gasteiger partial charge on any atom is 0.211 e. The van der Waals surface area contributed by atoms with Gasteiger partial charge in [0, 0.05) is 19.6 Å². The van der Waals surface area contributed by atoms with Crippen molar-refractivity contribution < 1.29 is 13.5 Å². The molecule has 0 aromatic carbocycles. The molecule has 120 valence electrons. The second kappa shape index (κ2) is 6.89. The van der Waals surface area contributed by atoms with Gasteiger partial charge in [-0.1, -0.05) is 6.92 Å². The molecule has 0 spiro atoms. The average molecular weight is 315 g/mol. The normalized spacial score (nSPS) is 22.3. The van der Waals surface area contributed by atoms with Gasteiger partial charge in [-0.25, -0.2) is 17.7 Å². The van der Waals surface area contributed by atoms with Crippen LogP contribution in [-0.4, -0.2) is 46.7 Å². The third-order valence-corrected chi connectivity index (χ3v) is 5.33. The van der Waals surface area contributed by atoms with Gasteiger partial charge in [0.1, 0.15) is 0 Å². The van der Waals surface area contributed by atoms with Crippen molar-refractivity contribution in [3.8, 4) is 0 Å². The Bertz CT molecular complexity index is 556. The molecule has 2 heterocycles. The number of rotatable bonds is 6. The Morgan fingerprint density at radius 3 is 2.95 bits per heavy atom. The van der Waals surface area contributed by atoms with Crippen molar-refractivity contribution in [1.29, 1.82) is 0 Å². The molecule has 1 aromatic heterocycles. The summed E-state index contributed by atoms with van der Waals surface area (Å²) in [6.45, 7) is 4.03. The molecule has 1 fully saturated rings. The molecular formula is C14H25N3O3S. The van der Waals surface area contributed by atoms with Crippen LogP contribution >= 0.6 is 0 Å². The first-order valence-electron chi connectivity index (χ1n) is 7.55. The van der Waals surface area contributed by atoms with Crippen LogP contribution in [0.2, 0.25) is 0 Å². The van der Waals surface area contributed by atoms with Gasteiger partial charge in [0.2, 0.25) is 10.0 Å². The number of imidazole rings is 1.